The molecular weight excluding hydrogens is 280 g/mol. The van der Waals surface area contributed by atoms with Crippen LogP contribution >= 0.6 is 11.6 Å². The lowest BCUT2D eigenvalue weighted by Crippen LogP contribution is -1.97. The summed E-state index contributed by atoms with van der Waals surface area (Å²) in [4.78, 5) is 10.2. The summed E-state index contributed by atoms with van der Waals surface area (Å²) in [6.45, 7) is 3.62. The predicted octanol–water partition coefficient (Wildman–Crippen LogP) is 4.35. The minimum atomic E-state index is -0.459. The van der Waals surface area contributed by atoms with Crippen LogP contribution < -0.4 is 4.74 Å². The molecule has 1 N–H and O–H groups in total. The third kappa shape index (κ3) is 4.51. The monoisotopic (exact) mass is 294 g/mol. The molecule has 0 aliphatic rings. The van der Waals surface area contributed by atoms with E-state index in [-0.39, 0.29) is 5.69 Å². The Balaban J connectivity index is 3.04. The molecule has 0 heterocycles. The van der Waals surface area contributed by atoms with Gasteiger partial charge in [0.25, 0.3) is 5.69 Å². The Labute approximate surface area is 122 Å². The van der Waals surface area contributed by atoms with Crippen LogP contribution in [0.15, 0.2) is 41.1 Å². The van der Waals surface area contributed by atoms with Crippen LogP contribution in [-0.4, -0.2) is 11.1 Å². The molecule has 0 amide bonds. The van der Waals surface area contributed by atoms with Gasteiger partial charge in [-0.1, -0.05) is 18.5 Å². The standard InChI is InChI=1S/C14H15ClN2O3/c1-3-11(15)9-13(6-7-16)20-14-5-4-12(17(18)19)8-10(14)2/h4-9,16H,3H2,1-2H3/b11-9+,13-6+,16-7?. The van der Waals surface area contributed by atoms with Crippen molar-refractivity contribution in [3.8, 4) is 5.75 Å². The lowest BCUT2D eigenvalue weighted by atomic mass is 10.2. The molecule has 20 heavy (non-hydrogen) atoms. The molecule has 0 spiro atoms. The van der Waals surface area contributed by atoms with Crippen molar-refractivity contribution in [3.05, 3.63) is 56.8 Å². The fourth-order valence-corrected chi connectivity index (χ4v) is 1.55. The van der Waals surface area contributed by atoms with Gasteiger partial charge in [-0.05, 0) is 37.1 Å². The van der Waals surface area contributed by atoms with Crippen molar-refractivity contribution in [2.24, 2.45) is 0 Å². The highest BCUT2D eigenvalue weighted by molar-refractivity contribution is 6.29. The lowest BCUT2D eigenvalue weighted by molar-refractivity contribution is -0.384. The molecule has 1 aromatic carbocycles. The first-order chi connectivity index (χ1) is 9.47. The van der Waals surface area contributed by atoms with Crippen LogP contribution in [0.2, 0.25) is 0 Å². The summed E-state index contributed by atoms with van der Waals surface area (Å²) in [6.07, 6.45) is 4.82. The van der Waals surface area contributed by atoms with Gasteiger partial charge in [0, 0.05) is 23.4 Å². The minimum absolute atomic E-state index is 0.00886. The molecule has 0 aromatic heterocycles. The molecule has 0 saturated heterocycles. The number of allylic oxidation sites excluding steroid dienone is 3. The Morgan fingerprint density at radius 3 is 2.75 bits per heavy atom. The number of halogens is 1. The van der Waals surface area contributed by atoms with Gasteiger partial charge in [-0.2, -0.15) is 0 Å². The molecule has 1 aromatic rings. The Morgan fingerprint density at radius 1 is 1.55 bits per heavy atom. The highest BCUT2D eigenvalue weighted by Crippen LogP contribution is 2.25. The second-order valence-corrected chi connectivity index (χ2v) is 4.47. The van der Waals surface area contributed by atoms with Crippen molar-refractivity contribution in [1.82, 2.24) is 0 Å². The van der Waals surface area contributed by atoms with E-state index in [0.29, 0.717) is 28.5 Å². The Bertz CT molecular complexity index is 580. The van der Waals surface area contributed by atoms with Crippen LogP contribution in [-0.2, 0) is 0 Å². The summed E-state index contributed by atoms with van der Waals surface area (Å²) in [5.41, 5.74) is 0.644. The third-order valence-electron chi connectivity index (χ3n) is 2.48. The Hall–Kier alpha value is -2.14. The molecule has 0 aliphatic carbocycles. The number of non-ortho nitro benzene ring substituents is 1. The number of nitro groups is 1. The topological polar surface area (TPSA) is 76.2 Å². The van der Waals surface area contributed by atoms with E-state index < -0.39 is 4.92 Å². The number of nitro benzene ring substituents is 1. The Morgan fingerprint density at radius 2 is 2.25 bits per heavy atom. The number of benzene rings is 1. The van der Waals surface area contributed by atoms with E-state index in [0.717, 1.165) is 6.21 Å². The normalized spacial score (nSPS) is 12.2. The van der Waals surface area contributed by atoms with Crippen LogP contribution in [0.5, 0.6) is 5.75 Å². The molecule has 0 fully saturated rings. The van der Waals surface area contributed by atoms with Crippen molar-refractivity contribution >= 4 is 23.5 Å². The second-order valence-electron chi connectivity index (χ2n) is 3.99. The first-order valence-corrected chi connectivity index (χ1v) is 6.35. The van der Waals surface area contributed by atoms with Gasteiger partial charge in [0.15, 0.2) is 0 Å². The lowest BCUT2D eigenvalue weighted by Gasteiger charge is -2.09. The predicted molar refractivity (Wildman–Crippen MR) is 79.6 cm³/mol. The first-order valence-electron chi connectivity index (χ1n) is 5.97. The van der Waals surface area contributed by atoms with Gasteiger partial charge in [0.2, 0.25) is 0 Å². The fraction of sp³-hybridized carbons (Fsp3) is 0.214. The van der Waals surface area contributed by atoms with Gasteiger partial charge in [0.05, 0.1) is 4.92 Å². The van der Waals surface area contributed by atoms with Gasteiger partial charge < -0.3 is 10.1 Å². The number of rotatable bonds is 6. The molecule has 0 unspecified atom stereocenters. The molecule has 0 radical (unpaired) electrons. The summed E-state index contributed by atoms with van der Waals surface area (Å²) in [5.74, 6) is 0.893. The van der Waals surface area contributed by atoms with Crippen LogP contribution in [0.1, 0.15) is 18.9 Å². The fourth-order valence-electron chi connectivity index (χ4n) is 1.44. The van der Waals surface area contributed by atoms with Gasteiger partial charge in [-0.3, -0.25) is 10.1 Å². The first kappa shape index (κ1) is 15.9. The molecule has 0 bridgehead atoms. The quantitative estimate of drug-likeness (QED) is 0.278. The van der Waals surface area contributed by atoms with E-state index in [1.165, 1.54) is 24.3 Å². The van der Waals surface area contributed by atoms with Crippen molar-refractivity contribution in [2.45, 2.75) is 20.3 Å². The van der Waals surface area contributed by atoms with Gasteiger partial charge in [0.1, 0.15) is 11.5 Å². The van der Waals surface area contributed by atoms with E-state index in [4.69, 9.17) is 21.7 Å². The molecule has 0 atom stereocenters. The van der Waals surface area contributed by atoms with Crippen LogP contribution in [0.3, 0.4) is 0 Å². The van der Waals surface area contributed by atoms with Crippen molar-refractivity contribution in [3.63, 3.8) is 0 Å². The number of hydrogen-bond donors (Lipinski definition) is 1. The van der Waals surface area contributed by atoms with E-state index >= 15 is 0 Å². The molecule has 1 rings (SSSR count). The zero-order valence-electron chi connectivity index (χ0n) is 11.2. The number of hydrogen-bond acceptors (Lipinski definition) is 4. The SMILES string of the molecule is CC/C(Cl)=C\C(=C/C=N)Oc1ccc([N+](=O)[O-])cc1C. The molecule has 6 heteroatoms. The maximum Gasteiger partial charge on any atom is 0.269 e. The largest absolute Gasteiger partial charge is 0.457 e. The molecule has 106 valence electrons. The number of aryl methyl sites for hydroxylation is 1. The average Bonchev–Trinajstić information content (AvgIpc) is 2.40. The zero-order chi connectivity index (χ0) is 15.1. The van der Waals surface area contributed by atoms with Crippen molar-refractivity contribution < 1.29 is 9.66 Å². The van der Waals surface area contributed by atoms with E-state index in [2.05, 4.69) is 0 Å². The van der Waals surface area contributed by atoms with E-state index in [1.54, 1.807) is 13.0 Å². The van der Waals surface area contributed by atoms with Gasteiger partial charge >= 0.3 is 0 Å². The summed E-state index contributed by atoms with van der Waals surface area (Å²) in [7, 11) is 0. The van der Waals surface area contributed by atoms with Crippen LogP contribution in [0.4, 0.5) is 5.69 Å². The van der Waals surface area contributed by atoms with Crippen molar-refractivity contribution in [2.75, 3.05) is 0 Å². The second kappa shape index (κ2) is 7.45. The smallest absolute Gasteiger partial charge is 0.269 e. The molecular formula is C14H15ClN2O3. The number of ether oxygens (including phenoxy) is 1. The molecule has 5 nitrogen and oxygen atoms in total. The summed E-state index contributed by atoms with van der Waals surface area (Å²) < 4.78 is 5.62. The Kier molecular flexibility index (Phi) is 5.93. The highest BCUT2D eigenvalue weighted by atomic mass is 35.5. The van der Waals surface area contributed by atoms with Gasteiger partial charge in [-0.25, -0.2) is 0 Å². The molecule has 0 aliphatic heterocycles. The third-order valence-corrected chi connectivity index (χ3v) is 2.86. The van der Waals surface area contributed by atoms with E-state index in [9.17, 15) is 10.1 Å². The average molecular weight is 295 g/mol. The van der Waals surface area contributed by atoms with Gasteiger partial charge in [-0.15, -0.1) is 0 Å². The summed E-state index contributed by atoms with van der Waals surface area (Å²) >= 11 is 5.94. The highest BCUT2D eigenvalue weighted by Gasteiger charge is 2.09. The zero-order valence-corrected chi connectivity index (χ0v) is 12.0. The number of nitrogens with one attached hydrogen (secondary N) is 1. The van der Waals surface area contributed by atoms with E-state index in [1.807, 2.05) is 6.92 Å². The maximum atomic E-state index is 10.7. The van der Waals surface area contributed by atoms with Crippen LogP contribution in [0, 0.1) is 22.4 Å². The number of nitrogens with zero attached hydrogens (tertiary/aromatic N) is 1. The summed E-state index contributed by atoms with van der Waals surface area (Å²) in [6, 6.07) is 4.33. The molecule has 0 saturated carbocycles. The maximum absolute atomic E-state index is 10.7. The summed E-state index contributed by atoms with van der Waals surface area (Å²) in [5, 5.41) is 18.4. The minimum Gasteiger partial charge on any atom is -0.457 e. The van der Waals surface area contributed by atoms with Crippen molar-refractivity contribution in [1.29, 1.82) is 5.41 Å². The van der Waals surface area contributed by atoms with Crippen LogP contribution in [0.25, 0.3) is 0 Å².